The second-order valence-corrected chi connectivity index (χ2v) is 6.79. The van der Waals surface area contributed by atoms with Crippen LogP contribution in [0.15, 0.2) is 48.5 Å². The molecule has 0 unspecified atom stereocenters. The van der Waals surface area contributed by atoms with Crippen molar-refractivity contribution in [1.82, 2.24) is 9.78 Å². The van der Waals surface area contributed by atoms with E-state index in [0.29, 0.717) is 11.4 Å². The van der Waals surface area contributed by atoms with Gasteiger partial charge in [0.2, 0.25) is 5.91 Å². The summed E-state index contributed by atoms with van der Waals surface area (Å²) < 4.78 is 1.72. The zero-order valence-corrected chi connectivity index (χ0v) is 15.1. The summed E-state index contributed by atoms with van der Waals surface area (Å²) in [5, 5.41) is 17.1. The monoisotopic (exact) mass is 361 g/mol. The molecule has 1 aromatic heterocycles. The Labute approximate surface area is 156 Å². The van der Waals surface area contributed by atoms with E-state index in [1.54, 1.807) is 28.9 Å². The first kappa shape index (κ1) is 17.0. The number of carboxylic acids is 1. The van der Waals surface area contributed by atoms with E-state index in [2.05, 4.69) is 10.4 Å². The van der Waals surface area contributed by atoms with Crippen LogP contribution < -0.4 is 5.32 Å². The normalized spacial score (nSPS) is 15.9. The van der Waals surface area contributed by atoms with E-state index in [1.807, 2.05) is 38.1 Å². The highest BCUT2D eigenvalue weighted by Crippen LogP contribution is 2.41. The number of benzene rings is 2. The number of amides is 1. The van der Waals surface area contributed by atoms with Crippen molar-refractivity contribution in [2.45, 2.75) is 26.2 Å². The highest BCUT2D eigenvalue weighted by molar-refractivity contribution is 5.96. The van der Waals surface area contributed by atoms with E-state index in [1.165, 1.54) is 0 Å². The molecule has 0 saturated carbocycles. The molecule has 3 aromatic rings. The van der Waals surface area contributed by atoms with Crippen molar-refractivity contribution in [3.63, 3.8) is 0 Å². The molecule has 2 N–H and O–H groups in total. The van der Waals surface area contributed by atoms with E-state index >= 15 is 0 Å². The summed E-state index contributed by atoms with van der Waals surface area (Å²) in [7, 11) is 0. The standard InChI is InChI=1S/C21H19N3O3/c1-12-7-9-14(10-8-12)24-20-19(13(2)23-24)17(11-18(25)22-20)15-5-3-4-6-16(15)21(26)27/h3-10,17H,11H2,1-2H3,(H,22,25)(H,26,27)/t17-/m1/s1. The molecule has 0 saturated heterocycles. The number of hydrogen-bond donors (Lipinski definition) is 2. The second kappa shape index (κ2) is 6.39. The molecule has 4 rings (SSSR count). The van der Waals surface area contributed by atoms with Crippen molar-refractivity contribution in [2.75, 3.05) is 5.32 Å². The number of aromatic nitrogens is 2. The largest absolute Gasteiger partial charge is 0.478 e. The summed E-state index contributed by atoms with van der Waals surface area (Å²) in [4.78, 5) is 24.1. The summed E-state index contributed by atoms with van der Waals surface area (Å²) in [6.45, 7) is 3.89. The first-order chi connectivity index (χ1) is 13.0. The summed E-state index contributed by atoms with van der Waals surface area (Å²) in [5.74, 6) is -0.888. The minimum absolute atomic E-state index is 0.152. The van der Waals surface area contributed by atoms with Gasteiger partial charge < -0.3 is 10.4 Å². The average molecular weight is 361 g/mol. The summed E-state index contributed by atoms with van der Waals surface area (Å²) >= 11 is 0. The lowest BCUT2D eigenvalue weighted by molar-refractivity contribution is -0.116. The Kier molecular flexibility index (Phi) is 4.03. The van der Waals surface area contributed by atoms with Gasteiger partial charge in [0.25, 0.3) is 0 Å². The molecule has 1 amide bonds. The third-order valence-corrected chi connectivity index (χ3v) is 4.95. The van der Waals surface area contributed by atoms with Crippen LogP contribution in [0.4, 0.5) is 5.82 Å². The molecular weight excluding hydrogens is 342 g/mol. The highest BCUT2D eigenvalue weighted by Gasteiger charge is 2.34. The summed E-state index contributed by atoms with van der Waals surface area (Å²) in [6.07, 6.45) is 0.192. The zero-order valence-electron chi connectivity index (χ0n) is 15.1. The average Bonchev–Trinajstić information content (AvgIpc) is 2.98. The molecule has 0 aliphatic carbocycles. The molecule has 0 spiro atoms. The minimum atomic E-state index is -0.998. The topological polar surface area (TPSA) is 84.2 Å². The van der Waals surface area contributed by atoms with Crippen molar-refractivity contribution in [2.24, 2.45) is 0 Å². The van der Waals surface area contributed by atoms with Gasteiger partial charge in [-0.3, -0.25) is 4.79 Å². The Hall–Kier alpha value is -3.41. The van der Waals surface area contributed by atoms with Gasteiger partial charge >= 0.3 is 5.97 Å². The van der Waals surface area contributed by atoms with Crippen LogP contribution in [0.5, 0.6) is 0 Å². The quantitative estimate of drug-likeness (QED) is 0.746. The second-order valence-electron chi connectivity index (χ2n) is 6.79. The number of anilines is 1. The molecule has 1 aliphatic heterocycles. The maximum atomic E-state index is 12.4. The number of rotatable bonds is 3. The third-order valence-electron chi connectivity index (χ3n) is 4.95. The number of carbonyl (C=O) groups is 2. The predicted octanol–water partition coefficient (Wildman–Crippen LogP) is 3.66. The fourth-order valence-electron chi connectivity index (χ4n) is 3.68. The molecule has 6 heteroatoms. The third kappa shape index (κ3) is 2.89. The highest BCUT2D eigenvalue weighted by atomic mass is 16.4. The first-order valence-electron chi connectivity index (χ1n) is 8.74. The number of nitrogens with zero attached hydrogens (tertiary/aromatic N) is 2. The Morgan fingerprint density at radius 1 is 1.15 bits per heavy atom. The maximum absolute atomic E-state index is 12.4. The van der Waals surface area contributed by atoms with Crippen LogP contribution in [-0.2, 0) is 4.79 Å². The Morgan fingerprint density at radius 3 is 2.56 bits per heavy atom. The van der Waals surface area contributed by atoms with E-state index in [9.17, 15) is 14.7 Å². The lowest BCUT2D eigenvalue weighted by Gasteiger charge is -2.25. The van der Waals surface area contributed by atoms with Crippen LogP contribution in [-0.4, -0.2) is 26.8 Å². The summed E-state index contributed by atoms with van der Waals surface area (Å²) in [6, 6.07) is 14.7. The van der Waals surface area contributed by atoms with Crippen LogP contribution in [0.2, 0.25) is 0 Å². The summed E-state index contributed by atoms with van der Waals surface area (Å²) in [5.41, 5.74) is 4.46. The van der Waals surface area contributed by atoms with Crippen LogP contribution >= 0.6 is 0 Å². The molecule has 0 radical (unpaired) electrons. The van der Waals surface area contributed by atoms with Gasteiger partial charge in [-0.15, -0.1) is 0 Å². The van der Waals surface area contributed by atoms with Gasteiger partial charge in [-0.05, 0) is 37.6 Å². The molecule has 1 atom stereocenters. The lowest BCUT2D eigenvalue weighted by atomic mass is 9.83. The Morgan fingerprint density at radius 2 is 1.85 bits per heavy atom. The zero-order chi connectivity index (χ0) is 19.1. The van der Waals surface area contributed by atoms with E-state index in [0.717, 1.165) is 22.5 Å². The van der Waals surface area contributed by atoms with Gasteiger partial charge in [0.15, 0.2) is 0 Å². The van der Waals surface area contributed by atoms with Gasteiger partial charge in [0.1, 0.15) is 5.82 Å². The molecule has 0 fully saturated rings. The van der Waals surface area contributed by atoms with Crippen LogP contribution in [0.25, 0.3) is 5.69 Å². The molecule has 2 aromatic carbocycles. The number of hydrogen-bond acceptors (Lipinski definition) is 3. The van der Waals surface area contributed by atoms with Crippen LogP contribution in [0.1, 0.15) is 45.1 Å². The number of carboxylic acid groups (broad SMARTS) is 1. The molecule has 0 bridgehead atoms. The van der Waals surface area contributed by atoms with E-state index in [-0.39, 0.29) is 23.8 Å². The number of fused-ring (bicyclic) bond motifs is 1. The van der Waals surface area contributed by atoms with Crippen molar-refractivity contribution >= 4 is 17.7 Å². The van der Waals surface area contributed by atoms with Gasteiger partial charge in [0, 0.05) is 17.9 Å². The molecule has 2 heterocycles. The smallest absolute Gasteiger partial charge is 0.335 e. The Bertz CT molecular complexity index is 1050. The number of carbonyl (C=O) groups excluding carboxylic acids is 1. The fourth-order valence-corrected chi connectivity index (χ4v) is 3.68. The molecular formula is C21H19N3O3. The molecule has 136 valence electrons. The minimum Gasteiger partial charge on any atom is -0.478 e. The number of aryl methyl sites for hydroxylation is 2. The van der Waals surface area contributed by atoms with E-state index < -0.39 is 5.97 Å². The Balaban J connectivity index is 1.90. The van der Waals surface area contributed by atoms with Crippen molar-refractivity contribution in [3.05, 3.63) is 76.5 Å². The van der Waals surface area contributed by atoms with Crippen molar-refractivity contribution in [1.29, 1.82) is 0 Å². The number of nitrogens with one attached hydrogen (secondary N) is 1. The van der Waals surface area contributed by atoms with Gasteiger partial charge in [-0.1, -0.05) is 35.9 Å². The van der Waals surface area contributed by atoms with Crippen molar-refractivity contribution in [3.8, 4) is 5.69 Å². The van der Waals surface area contributed by atoms with Crippen LogP contribution in [0.3, 0.4) is 0 Å². The lowest BCUT2D eigenvalue weighted by Crippen LogP contribution is -2.25. The van der Waals surface area contributed by atoms with Crippen molar-refractivity contribution < 1.29 is 14.7 Å². The molecule has 1 aliphatic rings. The van der Waals surface area contributed by atoms with E-state index in [4.69, 9.17) is 0 Å². The fraction of sp³-hybridized carbons (Fsp3) is 0.190. The van der Waals surface area contributed by atoms with Gasteiger partial charge in [0.05, 0.1) is 16.9 Å². The van der Waals surface area contributed by atoms with Crippen LogP contribution in [0, 0.1) is 13.8 Å². The van der Waals surface area contributed by atoms with Gasteiger partial charge in [-0.2, -0.15) is 5.10 Å². The molecule has 27 heavy (non-hydrogen) atoms. The predicted molar refractivity (Wildman–Crippen MR) is 102 cm³/mol. The van der Waals surface area contributed by atoms with Gasteiger partial charge in [-0.25, -0.2) is 9.48 Å². The first-order valence-corrected chi connectivity index (χ1v) is 8.74. The maximum Gasteiger partial charge on any atom is 0.335 e. The SMILES string of the molecule is Cc1ccc(-n2nc(C)c3c2NC(=O)C[C@@H]3c2ccccc2C(=O)O)cc1. The number of aromatic carboxylic acids is 1. The molecule has 6 nitrogen and oxygen atoms in total.